The van der Waals surface area contributed by atoms with Gasteiger partial charge in [-0.2, -0.15) is 5.26 Å². The molecule has 0 aliphatic rings. The third-order valence-electron chi connectivity index (χ3n) is 3.06. The summed E-state index contributed by atoms with van der Waals surface area (Å²) in [5, 5.41) is 17.9. The van der Waals surface area contributed by atoms with Crippen molar-refractivity contribution in [1.82, 2.24) is 0 Å². The second-order valence-electron chi connectivity index (χ2n) is 4.63. The molecular weight excluding hydrogens is 289 g/mol. The summed E-state index contributed by atoms with van der Waals surface area (Å²) in [6, 6.07) is 10.6. The first-order valence-corrected chi connectivity index (χ1v) is 6.71. The van der Waals surface area contributed by atoms with Crippen molar-refractivity contribution in [2.45, 2.75) is 18.8 Å². The van der Waals surface area contributed by atoms with Gasteiger partial charge in [-0.25, -0.2) is 9.18 Å². The normalized spacial score (nSPS) is 11.6. The highest BCUT2D eigenvalue weighted by molar-refractivity contribution is 5.84. The molecule has 0 aliphatic carbocycles. The number of carboxylic acid groups (broad SMARTS) is 1. The highest BCUT2D eigenvalue weighted by Crippen LogP contribution is 2.23. The number of ether oxygens (including phenoxy) is 1. The van der Waals surface area contributed by atoms with Crippen molar-refractivity contribution in [1.29, 1.82) is 5.26 Å². The van der Waals surface area contributed by atoms with Gasteiger partial charge >= 0.3 is 5.97 Å². The molecule has 2 aromatic rings. The Morgan fingerprint density at radius 2 is 2.05 bits per heavy atom. The van der Waals surface area contributed by atoms with Gasteiger partial charge in [0.1, 0.15) is 23.2 Å². The van der Waals surface area contributed by atoms with Gasteiger partial charge < -0.3 is 14.3 Å². The lowest BCUT2D eigenvalue weighted by Gasteiger charge is -2.08. The second-order valence-corrected chi connectivity index (χ2v) is 4.63. The summed E-state index contributed by atoms with van der Waals surface area (Å²) in [6.45, 7) is 0.371. The van der Waals surface area contributed by atoms with Crippen LogP contribution in [0.3, 0.4) is 0 Å². The van der Waals surface area contributed by atoms with Gasteiger partial charge in [0, 0.05) is 0 Å². The van der Waals surface area contributed by atoms with E-state index in [1.165, 1.54) is 36.4 Å². The van der Waals surface area contributed by atoms with E-state index < -0.39 is 11.9 Å². The maximum Gasteiger partial charge on any atom is 0.371 e. The minimum atomic E-state index is -1.16. The van der Waals surface area contributed by atoms with Gasteiger partial charge in [0.25, 0.3) is 0 Å². The molecule has 0 aliphatic heterocycles. The van der Waals surface area contributed by atoms with Crippen LogP contribution in [0.4, 0.5) is 4.39 Å². The average Bonchev–Trinajstić information content (AvgIpc) is 2.99. The van der Waals surface area contributed by atoms with E-state index in [1.54, 1.807) is 0 Å². The summed E-state index contributed by atoms with van der Waals surface area (Å²) in [5.41, 5.74) is 0. The van der Waals surface area contributed by atoms with E-state index in [2.05, 4.69) is 6.07 Å². The lowest BCUT2D eigenvalue weighted by molar-refractivity contribution is 0.0660. The zero-order chi connectivity index (χ0) is 15.9. The molecule has 0 saturated carbocycles. The number of benzene rings is 1. The summed E-state index contributed by atoms with van der Waals surface area (Å²) in [5.74, 6) is -1.31. The molecule has 0 bridgehead atoms. The van der Waals surface area contributed by atoms with Crippen LogP contribution in [0, 0.1) is 17.1 Å². The van der Waals surface area contributed by atoms with Crippen LogP contribution >= 0.6 is 0 Å². The van der Waals surface area contributed by atoms with Crippen molar-refractivity contribution in [2.24, 2.45) is 0 Å². The topological polar surface area (TPSA) is 83.5 Å². The Labute approximate surface area is 126 Å². The molecular formula is C16H14FNO4. The predicted molar refractivity (Wildman–Crippen MR) is 75.2 cm³/mol. The monoisotopic (exact) mass is 303 g/mol. The third-order valence-corrected chi connectivity index (χ3v) is 3.06. The Morgan fingerprint density at radius 3 is 2.64 bits per heavy atom. The number of furan rings is 1. The van der Waals surface area contributed by atoms with Gasteiger partial charge in [0.15, 0.2) is 0 Å². The molecule has 0 spiro atoms. The van der Waals surface area contributed by atoms with Crippen LogP contribution in [0.15, 0.2) is 40.8 Å². The molecule has 0 saturated heterocycles. The maximum absolute atomic E-state index is 12.7. The fourth-order valence-corrected chi connectivity index (χ4v) is 1.93. The quantitative estimate of drug-likeness (QED) is 0.790. The summed E-state index contributed by atoms with van der Waals surface area (Å²) >= 11 is 0. The van der Waals surface area contributed by atoms with E-state index in [4.69, 9.17) is 19.5 Å². The highest BCUT2D eigenvalue weighted by atomic mass is 19.1. The van der Waals surface area contributed by atoms with Crippen LogP contribution in [0.25, 0.3) is 0 Å². The van der Waals surface area contributed by atoms with Gasteiger partial charge in [-0.15, -0.1) is 0 Å². The van der Waals surface area contributed by atoms with Crippen molar-refractivity contribution < 1.29 is 23.4 Å². The predicted octanol–water partition coefficient (Wildman–Crippen LogP) is 3.58. The third kappa shape index (κ3) is 4.09. The number of halogens is 1. The van der Waals surface area contributed by atoms with Crippen molar-refractivity contribution in [3.8, 4) is 11.8 Å². The fourth-order valence-electron chi connectivity index (χ4n) is 1.93. The molecule has 114 valence electrons. The first-order valence-electron chi connectivity index (χ1n) is 6.71. The zero-order valence-electron chi connectivity index (χ0n) is 11.7. The van der Waals surface area contributed by atoms with E-state index in [0.717, 1.165) is 0 Å². The minimum absolute atomic E-state index is 0.183. The molecule has 0 radical (unpaired) electrons. The summed E-state index contributed by atoms with van der Waals surface area (Å²) in [4.78, 5) is 10.7. The van der Waals surface area contributed by atoms with Crippen LogP contribution in [-0.4, -0.2) is 17.7 Å². The fraction of sp³-hybridized carbons (Fsp3) is 0.250. The average molecular weight is 303 g/mol. The van der Waals surface area contributed by atoms with Gasteiger partial charge in [-0.05, 0) is 49.2 Å². The van der Waals surface area contributed by atoms with E-state index in [0.29, 0.717) is 31.0 Å². The number of rotatable bonds is 7. The summed E-state index contributed by atoms with van der Waals surface area (Å²) < 4.78 is 23.3. The van der Waals surface area contributed by atoms with E-state index >= 15 is 0 Å². The van der Waals surface area contributed by atoms with Gasteiger partial charge in [0.05, 0.1) is 12.7 Å². The molecule has 1 unspecified atom stereocenters. The Bertz CT molecular complexity index is 672. The molecule has 2 rings (SSSR count). The standard InChI is InChI=1S/C16H14FNO4/c17-12-3-5-13(6-4-12)21-9-1-2-11(10-18)14-7-8-15(22-14)16(19)20/h3-8,11H,1-2,9H2,(H,19,20). The molecule has 1 N–H and O–H groups in total. The van der Waals surface area contributed by atoms with Gasteiger partial charge in [-0.3, -0.25) is 0 Å². The molecule has 1 aromatic heterocycles. The number of nitrogens with zero attached hydrogens (tertiary/aromatic N) is 1. The molecule has 22 heavy (non-hydrogen) atoms. The Balaban J connectivity index is 1.82. The SMILES string of the molecule is N#CC(CCCOc1ccc(F)cc1)c1ccc(C(=O)O)o1. The molecule has 1 atom stereocenters. The Kier molecular flexibility index (Phi) is 5.15. The minimum Gasteiger partial charge on any atom is -0.494 e. The van der Waals surface area contributed by atoms with Crippen LogP contribution in [0.5, 0.6) is 5.75 Å². The molecule has 1 aromatic carbocycles. The number of hydrogen-bond acceptors (Lipinski definition) is 4. The van der Waals surface area contributed by atoms with Crippen LogP contribution in [-0.2, 0) is 0 Å². The van der Waals surface area contributed by atoms with E-state index in [9.17, 15) is 9.18 Å². The first-order chi connectivity index (χ1) is 10.6. The lowest BCUT2D eigenvalue weighted by atomic mass is 10.0. The summed E-state index contributed by atoms with van der Waals surface area (Å²) in [7, 11) is 0. The Morgan fingerprint density at radius 1 is 1.32 bits per heavy atom. The molecule has 0 amide bonds. The molecule has 0 fully saturated rings. The number of hydrogen-bond donors (Lipinski definition) is 1. The second kappa shape index (κ2) is 7.27. The number of carbonyl (C=O) groups is 1. The lowest BCUT2D eigenvalue weighted by Crippen LogP contribution is -2.01. The van der Waals surface area contributed by atoms with Crippen LogP contribution in [0.2, 0.25) is 0 Å². The van der Waals surface area contributed by atoms with Gasteiger partial charge in [-0.1, -0.05) is 0 Å². The van der Waals surface area contributed by atoms with Crippen molar-refractivity contribution >= 4 is 5.97 Å². The molecule has 6 heteroatoms. The Hall–Kier alpha value is -2.81. The van der Waals surface area contributed by atoms with Crippen LogP contribution in [0.1, 0.15) is 35.1 Å². The van der Waals surface area contributed by atoms with Crippen molar-refractivity contribution in [3.63, 3.8) is 0 Å². The largest absolute Gasteiger partial charge is 0.494 e. The van der Waals surface area contributed by atoms with Crippen molar-refractivity contribution in [2.75, 3.05) is 6.61 Å². The first kappa shape index (κ1) is 15.6. The van der Waals surface area contributed by atoms with Gasteiger partial charge in [0.2, 0.25) is 5.76 Å². The van der Waals surface area contributed by atoms with E-state index in [1.807, 2.05) is 0 Å². The number of aromatic carboxylic acids is 1. The zero-order valence-corrected chi connectivity index (χ0v) is 11.7. The smallest absolute Gasteiger partial charge is 0.371 e. The summed E-state index contributed by atoms with van der Waals surface area (Å²) in [6.07, 6.45) is 1.06. The van der Waals surface area contributed by atoms with E-state index in [-0.39, 0.29) is 11.6 Å². The highest BCUT2D eigenvalue weighted by Gasteiger charge is 2.17. The maximum atomic E-state index is 12.7. The van der Waals surface area contributed by atoms with Crippen LogP contribution < -0.4 is 4.74 Å². The van der Waals surface area contributed by atoms with Crippen molar-refractivity contribution in [3.05, 3.63) is 53.7 Å². The molecule has 5 nitrogen and oxygen atoms in total. The molecule has 1 heterocycles. The number of nitriles is 1. The number of carboxylic acids is 1.